The molecule has 0 aliphatic heterocycles. The van der Waals surface area contributed by atoms with Crippen molar-refractivity contribution >= 4 is 34.0 Å². The summed E-state index contributed by atoms with van der Waals surface area (Å²) in [6, 6.07) is 3.54. The lowest BCUT2D eigenvalue weighted by atomic mass is 9.95. The molecule has 1 aromatic heterocycles. The molecule has 0 aliphatic rings. The second-order valence-electron chi connectivity index (χ2n) is 5.14. The van der Waals surface area contributed by atoms with E-state index < -0.39 is 17.0 Å². The van der Waals surface area contributed by atoms with Crippen LogP contribution in [0, 0.1) is 17.0 Å². The largest absolute Gasteiger partial charge is 0.301 e. The third-order valence-electron chi connectivity index (χ3n) is 2.89. The zero-order chi connectivity index (χ0) is 15.6. The number of hydrogen-bond donors (Lipinski definition) is 1. The molecule has 7 heteroatoms. The summed E-state index contributed by atoms with van der Waals surface area (Å²) >= 11 is 6.94. The van der Waals surface area contributed by atoms with Crippen LogP contribution in [0.4, 0.5) is 13.9 Å². The van der Waals surface area contributed by atoms with E-state index in [4.69, 9.17) is 11.6 Å². The number of carbonyl (C=O) groups excluding carboxylic acids is 1. The van der Waals surface area contributed by atoms with Crippen molar-refractivity contribution in [1.82, 2.24) is 4.98 Å². The molecule has 0 unspecified atom stereocenters. The first kappa shape index (κ1) is 15.9. The number of aromatic nitrogens is 1. The first-order valence-corrected chi connectivity index (χ1v) is 7.53. The molecule has 1 amide bonds. The maximum atomic E-state index is 13.2. The van der Waals surface area contributed by atoms with Crippen LogP contribution in [-0.4, -0.2) is 16.8 Å². The number of nitrogens with zero attached hydrogens (tertiary/aromatic N) is 1. The van der Waals surface area contributed by atoms with E-state index in [0.717, 1.165) is 12.1 Å². The van der Waals surface area contributed by atoms with Crippen molar-refractivity contribution in [3.63, 3.8) is 0 Å². The van der Waals surface area contributed by atoms with Crippen molar-refractivity contribution in [3.05, 3.63) is 35.2 Å². The summed E-state index contributed by atoms with van der Waals surface area (Å²) in [5.74, 6) is -1.91. The Morgan fingerprint density at radius 2 is 2.10 bits per heavy atom. The van der Waals surface area contributed by atoms with Crippen LogP contribution in [0.1, 0.15) is 13.8 Å². The normalized spacial score (nSPS) is 11.5. The minimum absolute atomic E-state index is 0.181. The summed E-state index contributed by atoms with van der Waals surface area (Å²) in [5.41, 5.74) is 0.204. The molecule has 0 saturated carbocycles. The number of thiazole rings is 1. The quantitative estimate of drug-likeness (QED) is 0.850. The number of hydrogen-bond acceptors (Lipinski definition) is 3. The molecule has 21 heavy (non-hydrogen) atoms. The fourth-order valence-electron chi connectivity index (χ4n) is 1.45. The molecule has 0 saturated heterocycles. The summed E-state index contributed by atoms with van der Waals surface area (Å²) in [6.07, 6.45) is 0. The van der Waals surface area contributed by atoms with Gasteiger partial charge in [0.25, 0.3) is 0 Å². The van der Waals surface area contributed by atoms with Crippen LogP contribution >= 0.6 is 22.9 Å². The molecular weight excluding hydrogens is 318 g/mol. The third kappa shape index (κ3) is 3.57. The van der Waals surface area contributed by atoms with Crippen LogP contribution in [-0.2, 0) is 4.79 Å². The van der Waals surface area contributed by atoms with Crippen molar-refractivity contribution in [2.24, 2.45) is 5.41 Å². The van der Waals surface area contributed by atoms with Gasteiger partial charge in [0.05, 0.1) is 11.1 Å². The molecule has 0 aliphatic carbocycles. The Morgan fingerprint density at radius 3 is 2.71 bits per heavy atom. The molecule has 0 radical (unpaired) electrons. The predicted octanol–water partition coefficient (Wildman–Crippen LogP) is 4.29. The minimum atomic E-state index is -0.936. The van der Waals surface area contributed by atoms with Gasteiger partial charge in [-0.1, -0.05) is 0 Å². The van der Waals surface area contributed by atoms with Gasteiger partial charge in [-0.25, -0.2) is 13.8 Å². The van der Waals surface area contributed by atoms with Gasteiger partial charge in [0.2, 0.25) is 5.91 Å². The Morgan fingerprint density at radius 1 is 1.38 bits per heavy atom. The van der Waals surface area contributed by atoms with Gasteiger partial charge in [0, 0.05) is 16.8 Å². The van der Waals surface area contributed by atoms with Crippen LogP contribution < -0.4 is 5.32 Å². The molecule has 3 nitrogen and oxygen atoms in total. The van der Waals surface area contributed by atoms with Gasteiger partial charge in [0.1, 0.15) is 0 Å². The summed E-state index contributed by atoms with van der Waals surface area (Å²) in [6.45, 7) is 3.44. The van der Waals surface area contributed by atoms with E-state index >= 15 is 0 Å². The van der Waals surface area contributed by atoms with Crippen molar-refractivity contribution in [2.45, 2.75) is 13.8 Å². The molecular formula is C14H13ClF2N2OS. The number of benzene rings is 1. The Balaban J connectivity index is 2.18. The average molecular weight is 331 g/mol. The summed E-state index contributed by atoms with van der Waals surface area (Å²) < 4.78 is 26.1. The number of rotatable bonds is 4. The van der Waals surface area contributed by atoms with Crippen LogP contribution in [0.5, 0.6) is 0 Å². The van der Waals surface area contributed by atoms with E-state index in [1.54, 1.807) is 19.2 Å². The number of anilines is 1. The predicted molar refractivity (Wildman–Crippen MR) is 80.6 cm³/mol. The molecule has 112 valence electrons. The lowest BCUT2D eigenvalue weighted by Gasteiger charge is -2.18. The molecule has 1 aromatic carbocycles. The van der Waals surface area contributed by atoms with Crippen molar-refractivity contribution in [2.75, 3.05) is 11.2 Å². The summed E-state index contributed by atoms with van der Waals surface area (Å²) in [5, 5.41) is 4.72. The summed E-state index contributed by atoms with van der Waals surface area (Å²) in [7, 11) is 0. The molecule has 1 heterocycles. The Kier molecular flexibility index (Phi) is 4.58. The van der Waals surface area contributed by atoms with E-state index in [1.807, 2.05) is 0 Å². The third-order valence-corrected chi connectivity index (χ3v) is 4.31. The Hall–Kier alpha value is -1.53. The second kappa shape index (κ2) is 6.07. The number of nitrogens with one attached hydrogen (secondary N) is 1. The maximum absolute atomic E-state index is 13.2. The first-order chi connectivity index (χ1) is 9.83. The topological polar surface area (TPSA) is 42.0 Å². The SMILES string of the molecule is CC(C)(CCl)C(=O)Nc1nc(-c2ccc(F)c(F)c2)cs1. The molecule has 1 N–H and O–H groups in total. The molecule has 0 atom stereocenters. The minimum Gasteiger partial charge on any atom is -0.301 e. The lowest BCUT2D eigenvalue weighted by molar-refractivity contribution is -0.122. The molecule has 2 aromatic rings. The van der Waals surface area contributed by atoms with Crippen LogP contribution in [0.15, 0.2) is 23.6 Å². The zero-order valence-electron chi connectivity index (χ0n) is 11.4. The number of alkyl halides is 1. The highest BCUT2D eigenvalue weighted by Gasteiger charge is 2.27. The van der Waals surface area contributed by atoms with Crippen LogP contribution in [0.25, 0.3) is 11.3 Å². The Bertz CT molecular complexity index is 673. The monoisotopic (exact) mass is 330 g/mol. The van der Waals surface area contributed by atoms with Gasteiger partial charge in [0.15, 0.2) is 16.8 Å². The van der Waals surface area contributed by atoms with Crippen LogP contribution in [0.2, 0.25) is 0 Å². The van der Waals surface area contributed by atoms with E-state index in [9.17, 15) is 13.6 Å². The van der Waals surface area contributed by atoms with Gasteiger partial charge in [-0.3, -0.25) is 4.79 Å². The number of halogens is 3. The van der Waals surface area contributed by atoms with Gasteiger partial charge < -0.3 is 5.32 Å². The van der Waals surface area contributed by atoms with Crippen LogP contribution in [0.3, 0.4) is 0 Å². The maximum Gasteiger partial charge on any atom is 0.233 e. The zero-order valence-corrected chi connectivity index (χ0v) is 13.0. The van der Waals surface area contributed by atoms with Crippen molar-refractivity contribution < 1.29 is 13.6 Å². The molecule has 0 spiro atoms. The molecule has 2 rings (SSSR count). The van der Waals surface area contributed by atoms with E-state index in [-0.39, 0.29) is 11.8 Å². The smallest absolute Gasteiger partial charge is 0.233 e. The average Bonchev–Trinajstić information content (AvgIpc) is 2.90. The van der Waals surface area contributed by atoms with Gasteiger partial charge in [-0.15, -0.1) is 22.9 Å². The standard InChI is InChI=1S/C14H13ClF2N2OS/c1-14(2,7-15)12(20)19-13-18-11(6-21-13)8-3-4-9(16)10(17)5-8/h3-6H,7H2,1-2H3,(H,18,19,20). The van der Waals surface area contributed by atoms with Gasteiger partial charge in [-0.2, -0.15) is 0 Å². The molecule has 0 fully saturated rings. The highest BCUT2D eigenvalue weighted by molar-refractivity contribution is 7.14. The van der Waals surface area contributed by atoms with Crippen molar-refractivity contribution in [3.8, 4) is 11.3 Å². The van der Waals surface area contributed by atoms with Crippen molar-refractivity contribution in [1.29, 1.82) is 0 Å². The highest BCUT2D eigenvalue weighted by Crippen LogP contribution is 2.27. The fraction of sp³-hybridized carbons (Fsp3) is 0.286. The fourth-order valence-corrected chi connectivity index (χ4v) is 2.28. The van der Waals surface area contributed by atoms with Gasteiger partial charge in [-0.05, 0) is 32.0 Å². The second-order valence-corrected chi connectivity index (χ2v) is 6.26. The van der Waals surface area contributed by atoms with E-state index in [2.05, 4.69) is 10.3 Å². The van der Waals surface area contributed by atoms with E-state index in [1.165, 1.54) is 17.4 Å². The highest BCUT2D eigenvalue weighted by atomic mass is 35.5. The number of carbonyl (C=O) groups is 1. The summed E-state index contributed by atoms with van der Waals surface area (Å²) in [4.78, 5) is 16.2. The number of amides is 1. The van der Waals surface area contributed by atoms with E-state index in [0.29, 0.717) is 16.4 Å². The lowest BCUT2D eigenvalue weighted by Crippen LogP contribution is -2.32. The molecule has 0 bridgehead atoms. The van der Waals surface area contributed by atoms with Gasteiger partial charge >= 0.3 is 0 Å². The Labute approximate surface area is 130 Å². The first-order valence-electron chi connectivity index (χ1n) is 6.12.